The van der Waals surface area contributed by atoms with Crippen LogP contribution in [-0.4, -0.2) is 23.9 Å². The Hall–Kier alpha value is -3.36. The number of carbonyl (C=O) groups excluding carboxylic acids is 1. The number of thiazole rings is 1. The predicted octanol–water partition coefficient (Wildman–Crippen LogP) is 3.18. The van der Waals surface area contributed by atoms with Gasteiger partial charge in [-0.25, -0.2) is 9.79 Å². The molecule has 1 aromatic heterocycles. The maximum Gasteiger partial charge on any atom is 0.338 e. The van der Waals surface area contributed by atoms with E-state index >= 15 is 0 Å². The quantitative estimate of drug-likeness (QED) is 0.534. The fourth-order valence-electron chi connectivity index (χ4n) is 3.91. The minimum Gasteiger partial charge on any atom is -0.463 e. The van der Waals surface area contributed by atoms with Crippen LogP contribution in [0.3, 0.4) is 0 Å². The van der Waals surface area contributed by atoms with Gasteiger partial charge in [-0.1, -0.05) is 41.1 Å². The SMILES string of the molecule is CCOC(=O)C1=C(C)N=c2s/c(=C\c3ccc4c(c3)OCO4)c(=O)n2C1c1ccc(Cl)cc1. The summed E-state index contributed by atoms with van der Waals surface area (Å²) >= 11 is 7.35. The fraction of sp³-hybridized carbons (Fsp3) is 0.208. The van der Waals surface area contributed by atoms with E-state index in [1.807, 2.05) is 18.2 Å². The van der Waals surface area contributed by atoms with Crippen LogP contribution in [0.1, 0.15) is 31.0 Å². The van der Waals surface area contributed by atoms with Crippen LogP contribution in [0.4, 0.5) is 0 Å². The van der Waals surface area contributed by atoms with Crippen molar-refractivity contribution in [2.24, 2.45) is 4.99 Å². The summed E-state index contributed by atoms with van der Waals surface area (Å²) in [5.41, 5.74) is 2.15. The van der Waals surface area contributed by atoms with Crippen molar-refractivity contribution in [1.29, 1.82) is 0 Å². The van der Waals surface area contributed by atoms with E-state index in [9.17, 15) is 9.59 Å². The van der Waals surface area contributed by atoms with E-state index in [4.69, 9.17) is 25.8 Å². The summed E-state index contributed by atoms with van der Waals surface area (Å²) in [7, 11) is 0. The second-order valence-corrected chi connectivity index (χ2v) is 8.91. The molecule has 2 aliphatic heterocycles. The molecule has 0 bridgehead atoms. The van der Waals surface area contributed by atoms with Gasteiger partial charge in [0.05, 0.1) is 28.5 Å². The van der Waals surface area contributed by atoms with Gasteiger partial charge in [0.2, 0.25) is 6.79 Å². The number of fused-ring (bicyclic) bond motifs is 2. The van der Waals surface area contributed by atoms with Gasteiger partial charge in [-0.2, -0.15) is 0 Å². The molecule has 3 heterocycles. The molecule has 2 aromatic carbocycles. The number of ether oxygens (including phenoxy) is 3. The predicted molar refractivity (Wildman–Crippen MR) is 124 cm³/mol. The Morgan fingerprint density at radius 2 is 2.00 bits per heavy atom. The van der Waals surface area contributed by atoms with Crippen LogP contribution in [0.25, 0.3) is 6.08 Å². The van der Waals surface area contributed by atoms with Crippen LogP contribution in [0, 0.1) is 0 Å². The second-order valence-electron chi connectivity index (χ2n) is 7.47. The van der Waals surface area contributed by atoms with E-state index in [-0.39, 0.29) is 19.0 Å². The van der Waals surface area contributed by atoms with Gasteiger partial charge in [0.1, 0.15) is 0 Å². The molecule has 2 aliphatic rings. The average molecular weight is 483 g/mol. The van der Waals surface area contributed by atoms with Crippen molar-refractivity contribution in [3.63, 3.8) is 0 Å². The van der Waals surface area contributed by atoms with Crippen LogP contribution in [-0.2, 0) is 9.53 Å². The van der Waals surface area contributed by atoms with Crippen molar-refractivity contribution in [2.45, 2.75) is 19.9 Å². The highest BCUT2D eigenvalue weighted by Gasteiger charge is 2.33. The van der Waals surface area contributed by atoms with Gasteiger partial charge in [0, 0.05) is 5.02 Å². The van der Waals surface area contributed by atoms with Gasteiger partial charge in [-0.3, -0.25) is 9.36 Å². The molecule has 0 aliphatic carbocycles. The van der Waals surface area contributed by atoms with E-state index in [2.05, 4.69) is 4.99 Å². The summed E-state index contributed by atoms with van der Waals surface area (Å²) in [5, 5.41) is 0.562. The summed E-state index contributed by atoms with van der Waals surface area (Å²) in [4.78, 5) is 31.5. The highest BCUT2D eigenvalue weighted by atomic mass is 35.5. The zero-order valence-electron chi connectivity index (χ0n) is 17.8. The standard InChI is InChI=1S/C24H19ClN2O5S/c1-3-30-23(29)20-13(2)26-24-27(21(20)15-5-7-16(25)8-6-15)22(28)19(33-24)11-14-4-9-17-18(10-14)32-12-31-17/h4-11,21H,3,12H2,1-2H3/b19-11-. The number of aromatic nitrogens is 1. The highest BCUT2D eigenvalue weighted by molar-refractivity contribution is 7.07. The third-order valence-electron chi connectivity index (χ3n) is 5.40. The van der Waals surface area contributed by atoms with E-state index in [0.717, 1.165) is 11.1 Å². The van der Waals surface area contributed by atoms with Crippen LogP contribution in [0.15, 0.2) is 63.5 Å². The Kier molecular flexibility index (Phi) is 5.55. The fourth-order valence-corrected chi connectivity index (χ4v) is 5.08. The van der Waals surface area contributed by atoms with Crippen LogP contribution in [0.5, 0.6) is 11.5 Å². The molecule has 5 rings (SSSR count). The monoisotopic (exact) mass is 482 g/mol. The van der Waals surface area contributed by atoms with Gasteiger partial charge in [-0.15, -0.1) is 0 Å². The second kappa shape index (κ2) is 8.53. The molecule has 9 heteroatoms. The van der Waals surface area contributed by atoms with Crippen LogP contribution in [0.2, 0.25) is 5.02 Å². The molecule has 1 atom stereocenters. The Morgan fingerprint density at radius 3 is 2.76 bits per heavy atom. The van der Waals surface area contributed by atoms with Crippen molar-refractivity contribution in [3.05, 3.63) is 89.6 Å². The van der Waals surface area contributed by atoms with Crippen molar-refractivity contribution in [3.8, 4) is 11.5 Å². The Labute approximate surface area is 197 Å². The molecule has 0 amide bonds. The molecule has 0 radical (unpaired) electrons. The van der Waals surface area contributed by atoms with E-state index in [1.165, 1.54) is 11.3 Å². The minimum atomic E-state index is -0.670. The van der Waals surface area contributed by atoms with E-state index in [0.29, 0.717) is 37.1 Å². The number of benzene rings is 2. The van der Waals surface area contributed by atoms with Gasteiger partial charge < -0.3 is 14.2 Å². The summed E-state index contributed by atoms with van der Waals surface area (Å²) in [6, 6.07) is 11.9. The molecule has 0 fully saturated rings. The van der Waals surface area contributed by atoms with Crippen molar-refractivity contribution < 1.29 is 19.0 Å². The highest BCUT2D eigenvalue weighted by Crippen LogP contribution is 2.33. The maximum atomic E-state index is 13.6. The smallest absolute Gasteiger partial charge is 0.338 e. The topological polar surface area (TPSA) is 79.1 Å². The number of esters is 1. The molecule has 1 unspecified atom stereocenters. The first-order valence-corrected chi connectivity index (χ1v) is 11.5. The Bertz CT molecular complexity index is 1470. The molecule has 0 spiro atoms. The molecular weight excluding hydrogens is 464 g/mol. The lowest BCUT2D eigenvalue weighted by Gasteiger charge is -2.24. The van der Waals surface area contributed by atoms with Gasteiger partial charge in [0.15, 0.2) is 16.3 Å². The van der Waals surface area contributed by atoms with Crippen molar-refractivity contribution >= 4 is 35.0 Å². The van der Waals surface area contributed by atoms with E-state index < -0.39 is 12.0 Å². The first-order valence-electron chi connectivity index (χ1n) is 10.3. The summed E-state index contributed by atoms with van der Waals surface area (Å²) in [6.07, 6.45) is 1.79. The van der Waals surface area contributed by atoms with Gasteiger partial charge in [-0.05, 0) is 55.3 Å². The normalized spacial score (nSPS) is 17.1. The molecule has 7 nitrogen and oxygen atoms in total. The zero-order chi connectivity index (χ0) is 23.1. The molecular formula is C24H19ClN2O5S. The van der Waals surface area contributed by atoms with E-state index in [1.54, 1.807) is 48.8 Å². The lowest BCUT2D eigenvalue weighted by atomic mass is 9.96. The van der Waals surface area contributed by atoms with Crippen LogP contribution < -0.4 is 24.4 Å². The molecule has 168 valence electrons. The number of nitrogens with zero attached hydrogens (tertiary/aromatic N) is 2. The molecule has 0 saturated carbocycles. The molecule has 0 saturated heterocycles. The lowest BCUT2D eigenvalue weighted by molar-refractivity contribution is -0.139. The summed E-state index contributed by atoms with van der Waals surface area (Å²) in [5.74, 6) is 0.811. The lowest BCUT2D eigenvalue weighted by Crippen LogP contribution is -2.39. The van der Waals surface area contributed by atoms with Gasteiger partial charge >= 0.3 is 5.97 Å². The Balaban J connectivity index is 1.69. The Morgan fingerprint density at radius 1 is 1.24 bits per heavy atom. The average Bonchev–Trinajstić information content (AvgIpc) is 3.37. The summed E-state index contributed by atoms with van der Waals surface area (Å²) in [6.45, 7) is 3.89. The first-order chi connectivity index (χ1) is 16.0. The number of hydrogen-bond donors (Lipinski definition) is 0. The van der Waals surface area contributed by atoms with Crippen LogP contribution >= 0.6 is 22.9 Å². The number of carbonyl (C=O) groups is 1. The number of rotatable bonds is 4. The number of allylic oxidation sites excluding steroid dienone is 1. The largest absolute Gasteiger partial charge is 0.463 e. The number of halogens is 1. The van der Waals surface area contributed by atoms with Crippen molar-refractivity contribution in [1.82, 2.24) is 4.57 Å². The zero-order valence-corrected chi connectivity index (χ0v) is 19.4. The minimum absolute atomic E-state index is 0.179. The summed E-state index contributed by atoms with van der Waals surface area (Å²) < 4.78 is 18.1. The molecule has 33 heavy (non-hydrogen) atoms. The number of hydrogen-bond acceptors (Lipinski definition) is 7. The van der Waals surface area contributed by atoms with Crippen molar-refractivity contribution in [2.75, 3.05) is 13.4 Å². The third kappa shape index (κ3) is 3.85. The third-order valence-corrected chi connectivity index (χ3v) is 6.63. The first kappa shape index (κ1) is 21.5. The maximum absolute atomic E-state index is 13.6. The molecule has 3 aromatic rings. The molecule has 0 N–H and O–H groups in total. The van der Waals surface area contributed by atoms with Gasteiger partial charge in [0.25, 0.3) is 5.56 Å².